The zero-order valence-electron chi connectivity index (χ0n) is 11.3. The fourth-order valence-electron chi connectivity index (χ4n) is 2.13. The van der Waals surface area contributed by atoms with Crippen molar-refractivity contribution in [3.63, 3.8) is 0 Å². The topological polar surface area (TPSA) is 69.1 Å². The summed E-state index contributed by atoms with van der Waals surface area (Å²) in [7, 11) is 0. The van der Waals surface area contributed by atoms with Gasteiger partial charge < -0.3 is 8.92 Å². The van der Waals surface area contributed by atoms with Crippen molar-refractivity contribution in [3.8, 4) is 23.1 Å². The molecule has 0 atom stereocenters. The van der Waals surface area contributed by atoms with Crippen LogP contribution in [0.4, 0.5) is 0 Å². The summed E-state index contributed by atoms with van der Waals surface area (Å²) in [6.07, 6.45) is 5.57. The molecule has 0 radical (unpaired) electrons. The molecule has 4 heterocycles. The molecule has 0 unspecified atom stereocenters. The highest BCUT2D eigenvalue weighted by atomic mass is 16.5. The van der Waals surface area contributed by atoms with Gasteiger partial charge in [-0.2, -0.15) is 4.98 Å². The Labute approximate surface area is 120 Å². The van der Waals surface area contributed by atoms with E-state index in [1.54, 1.807) is 6.20 Å². The highest BCUT2D eigenvalue weighted by molar-refractivity contribution is 5.57. The predicted octanol–water partition coefficient (Wildman–Crippen LogP) is 2.75. The van der Waals surface area contributed by atoms with E-state index in [1.807, 2.05) is 54.0 Å². The van der Waals surface area contributed by atoms with E-state index in [-0.39, 0.29) is 0 Å². The fourth-order valence-corrected chi connectivity index (χ4v) is 2.13. The number of imidazole rings is 1. The summed E-state index contributed by atoms with van der Waals surface area (Å²) >= 11 is 0. The standard InChI is InChI=1S/C15H11N5O/c1-10-5-6-13-17-12(9-20(13)8-10)15-18-14(19-21-15)11-4-2-3-7-16-11/h2-9H,1H3. The average Bonchev–Trinajstić information content (AvgIpc) is 3.14. The Hall–Kier alpha value is -3.02. The maximum atomic E-state index is 5.29. The molecule has 0 aliphatic rings. The summed E-state index contributed by atoms with van der Waals surface area (Å²) < 4.78 is 7.23. The van der Waals surface area contributed by atoms with Crippen LogP contribution in [0.1, 0.15) is 5.56 Å². The van der Waals surface area contributed by atoms with E-state index in [9.17, 15) is 0 Å². The van der Waals surface area contributed by atoms with Crippen molar-refractivity contribution in [1.29, 1.82) is 0 Å². The van der Waals surface area contributed by atoms with Gasteiger partial charge in [0, 0.05) is 18.6 Å². The van der Waals surface area contributed by atoms with Crippen molar-refractivity contribution in [2.75, 3.05) is 0 Å². The average molecular weight is 277 g/mol. The van der Waals surface area contributed by atoms with Crippen molar-refractivity contribution < 1.29 is 4.52 Å². The second kappa shape index (κ2) is 4.52. The van der Waals surface area contributed by atoms with Crippen molar-refractivity contribution in [2.45, 2.75) is 6.92 Å². The van der Waals surface area contributed by atoms with Gasteiger partial charge in [-0.3, -0.25) is 4.98 Å². The first-order valence-corrected chi connectivity index (χ1v) is 6.50. The molecule has 6 nitrogen and oxygen atoms in total. The van der Waals surface area contributed by atoms with E-state index in [2.05, 4.69) is 20.1 Å². The summed E-state index contributed by atoms with van der Waals surface area (Å²) in [5, 5.41) is 3.95. The maximum Gasteiger partial charge on any atom is 0.278 e. The minimum atomic E-state index is 0.386. The molecule has 0 bridgehead atoms. The van der Waals surface area contributed by atoms with Crippen LogP contribution >= 0.6 is 0 Å². The van der Waals surface area contributed by atoms with Gasteiger partial charge in [-0.25, -0.2) is 4.98 Å². The van der Waals surface area contributed by atoms with E-state index in [0.717, 1.165) is 11.2 Å². The minimum absolute atomic E-state index is 0.386. The molecule has 0 fully saturated rings. The Morgan fingerprint density at radius 2 is 1.95 bits per heavy atom. The summed E-state index contributed by atoms with van der Waals surface area (Å²) in [4.78, 5) is 13.0. The molecule has 0 N–H and O–H groups in total. The van der Waals surface area contributed by atoms with Crippen LogP contribution in [0.5, 0.6) is 0 Å². The van der Waals surface area contributed by atoms with E-state index < -0.39 is 0 Å². The lowest BCUT2D eigenvalue weighted by Crippen LogP contribution is -1.84. The molecule has 0 amide bonds. The third-order valence-corrected chi connectivity index (χ3v) is 3.14. The number of aromatic nitrogens is 5. The van der Waals surface area contributed by atoms with Gasteiger partial charge >= 0.3 is 0 Å². The van der Waals surface area contributed by atoms with Gasteiger partial charge in [0.2, 0.25) is 5.82 Å². The lowest BCUT2D eigenvalue weighted by Gasteiger charge is -1.92. The molecule has 21 heavy (non-hydrogen) atoms. The molecule has 4 aromatic heterocycles. The number of fused-ring (bicyclic) bond motifs is 1. The number of pyridine rings is 2. The van der Waals surface area contributed by atoms with Gasteiger partial charge in [0.05, 0.1) is 0 Å². The highest BCUT2D eigenvalue weighted by Crippen LogP contribution is 2.20. The Balaban J connectivity index is 1.77. The van der Waals surface area contributed by atoms with E-state index in [4.69, 9.17) is 4.52 Å². The molecule has 0 spiro atoms. The molecular formula is C15H11N5O. The third-order valence-electron chi connectivity index (χ3n) is 3.14. The first-order valence-electron chi connectivity index (χ1n) is 6.50. The zero-order valence-corrected chi connectivity index (χ0v) is 11.3. The molecular weight excluding hydrogens is 266 g/mol. The molecule has 6 heteroatoms. The minimum Gasteiger partial charge on any atom is -0.332 e. The molecule has 102 valence electrons. The number of nitrogens with zero attached hydrogens (tertiary/aromatic N) is 5. The molecule has 4 aromatic rings. The van der Waals surface area contributed by atoms with Gasteiger partial charge in [0.1, 0.15) is 17.0 Å². The van der Waals surface area contributed by atoms with Crippen LogP contribution in [-0.4, -0.2) is 24.5 Å². The largest absolute Gasteiger partial charge is 0.332 e. The lowest BCUT2D eigenvalue weighted by molar-refractivity contribution is 0.431. The van der Waals surface area contributed by atoms with E-state index in [0.29, 0.717) is 23.1 Å². The smallest absolute Gasteiger partial charge is 0.278 e. The first-order chi connectivity index (χ1) is 10.3. The predicted molar refractivity (Wildman–Crippen MR) is 76.5 cm³/mol. The van der Waals surface area contributed by atoms with Gasteiger partial charge in [-0.1, -0.05) is 17.3 Å². The molecule has 0 saturated heterocycles. The Morgan fingerprint density at radius 3 is 2.81 bits per heavy atom. The van der Waals surface area contributed by atoms with E-state index in [1.165, 1.54) is 0 Å². The fraction of sp³-hybridized carbons (Fsp3) is 0.0667. The highest BCUT2D eigenvalue weighted by Gasteiger charge is 2.14. The second-order valence-electron chi connectivity index (χ2n) is 4.74. The van der Waals surface area contributed by atoms with Crippen LogP contribution in [0.15, 0.2) is 53.4 Å². The molecule has 0 aromatic carbocycles. The second-order valence-corrected chi connectivity index (χ2v) is 4.74. The van der Waals surface area contributed by atoms with Gasteiger partial charge in [0.15, 0.2) is 0 Å². The summed E-state index contributed by atoms with van der Waals surface area (Å²) in [6.45, 7) is 2.03. The van der Waals surface area contributed by atoms with Crippen LogP contribution in [0.2, 0.25) is 0 Å². The summed E-state index contributed by atoms with van der Waals surface area (Å²) in [6, 6.07) is 9.52. The van der Waals surface area contributed by atoms with Crippen molar-refractivity contribution in [2.24, 2.45) is 0 Å². The number of hydrogen-bond donors (Lipinski definition) is 0. The Bertz CT molecular complexity index is 910. The Kier molecular flexibility index (Phi) is 2.53. The maximum absolute atomic E-state index is 5.29. The normalized spacial score (nSPS) is 11.1. The first kappa shape index (κ1) is 11.8. The van der Waals surface area contributed by atoms with Crippen LogP contribution in [0.25, 0.3) is 28.8 Å². The van der Waals surface area contributed by atoms with Crippen LogP contribution in [0, 0.1) is 6.92 Å². The zero-order chi connectivity index (χ0) is 14.2. The number of hydrogen-bond acceptors (Lipinski definition) is 5. The van der Waals surface area contributed by atoms with Crippen molar-refractivity contribution >= 4 is 5.65 Å². The lowest BCUT2D eigenvalue weighted by atomic mass is 10.3. The quantitative estimate of drug-likeness (QED) is 0.563. The monoisotopic (exact) mass is 277 g/mol. The van der Waals surface area contributed by atoms with Crippen molar-refractivity contribution in [1.82, 2.24) is 24.5 Å². The summed E-state index contributed by atoms with van der Waals surface area (Å²) in [5.41, 5.74) is 3.32. The van der Waals surface area contributed by atoms with Gasteiger partial charge in [-0.05, 0) is 30.7 Å². The van der Waals surface area contributed by atoms with Crippen LogP contribution < -0.4 is 0 Å². The molecule has 0 saturated carbocycles. The SMILES string of the molecule is Cc1ccc2nc(-c3nc(-c4ccccn4)no3)cn2c1. The third kappa shape index (κ3) is 2.06. The Morgan fingerprint density at radius 1 is 1.00 bits per heavy atom. The number of rotatable bonds is 2. The van der Waals surface area contributed by atoms with Crippen molar-refractivity contribution in [3.05, 3.63) is 54.5 Å². The van der Waals surface area contributed by atoms with E-state index >= 15 is 0 Å². The molecule has 0 aliphatic heterocycles. The molecule has 0 aliphatic carbocycles. The van der Waals surface area contributed by atoms with Crippen LogP contribution in [0.3, 0.4) is 0 Å². The molecule has 4 rings (SSSR count). The van der Waals surface area contributed by atoms with Gasteiger partial charge in [0.25, 0.3) is 5.89 Å². The number of aryl methyl sites for hydroxylation is 1. The van der Waals surface area contributed by atoms with Gasteiger partial charge in [-0.15, -0.1) is 0 Å². The summed E-state index contributed by atoms with van der Waals surface area (Å²) in [5.74, 6) is 0.843. The van der Waals surface area contributed by atoms with Crippen LogP contribution in [-0.2, 0) is 0 Å².